The first kappa shape index (κ1) is 15.9. The highest BCUT2D eigenvalue weighted by atomic mass is 19.4. The summed E-state index contributed by atoms with van der Waals surface area (Å²) < 4.78 is 39.9. The van der Waals surface area contributed by atoms with Crippen LogP contribution in [0.15, 0.2) is 36.4 Å². The third kappa shape index (κ3) is 2.81. The van der Waals surface area contributed by atoms with Gasteiger partial charge in [0.25, 0.3) is 0 Å². The monoisotopic (exact) mass is 320 g/mol. The van der Waals surface area contributed by atoms with E-state index in [0.717, 1.165) is 17.2 Å². The zero-order chi connectivity index (χ0) is 16.8. The van der Waals surface area contributed by atoms with Crippen molar-refractivity contribution in [2.45, 2.75) is 31.7 Å². The number of hydrogen-bond donors (Lipinski definition) is 1. The van der Waals surface area contributed by atoms with Crippen molar-refractivity contribution in [3.63, 3.8) is 0 Å². The van der Waals surface area contributed by atoms with Crippen LogP contribution in [0.3, 0.4) is 0 Å². The van der Waals surface area contributed by atoms with Gasteiger partial charge in [0.15, 0.2) is 0 Å². The molecule has 121 valence electrons. The van der Waals surface area contributed by atoms with Gasteiger partial charge in [-0.05, 0) is 41.8 Å². The highest BCUT2D eigenvalue weighted by Gasteiger charge is 2.38. The molecule has 2 unspecified atom stereocenters. The zero-order valence-corrected chi connectivity index (χ0v) is 12.9. The van der Waals surface area contributed by atoms with Crippen molar-refractivity contribution in [2.75, 3.05) is 11.9 Å². The number of alkyl halides is 3. The molecule has 0 spiro atoms. The highest BCUT2D eigenvalue weighted by molar-refractivity contribution is 5.58. The smallest absolute Gasteiger partial charge is 0.388 e. The quantitative estimate of drug-likeness (QED) is 0.885. The number of fused-ring (bicyclic) bond motifs is 1. The number of hydrogen-bond acceptors (Lipinski definition) is 2. The zero-order valence-electron chi connectivity index (χ0n) is 12.9. The predicted octanol–water partition coefficient (Wildman–Crippen LogP) is 4.43. The largest absolute Gasteiger partial charge is 0.418 e. The van der Waals surface area contributed by atoms with Crippen molar-refractivity contribution in [3.8, 4) is 0 Å². The third-order valence-corrected chi connectivity index (χ3v) is 4.39. The van der Waals surface area contributed by atoms with E-state index in [1.807, 2.05) is 24.3 Å². The van der Waals surface area contributed by atoms with Crippen LogP contribution in [0.4, 0.5) is 18.9 Å². The van der Waals surface area contributed by atoms with Gasteiger partial charge >= 0.3 is 6.18 Å². The number of benzene rings is 2. The lowest BCUT2D eigenvalue weighted by molar-refractivity contribution is -0.137. The maximum Gasteiger partial charge on any atom is 0.418 e. The standard InChI is InChI=1S/C18H17F3NO/c1-11-7-8-14(18(19,20)21)16(9-11)22(2)15-10-17(23)13-6-4-3-5-12(13)15/h3-6,8-9,15,17,23H,10H2,1-2H3. The highest BCUT2D eigenvalue weighted by Crippen LogP contribution is 2.45. The fourth-order valence-corrected chi connectivity index (χ4v) is 3.22. The Morgan fingerprint density at radius 2 is 1.87 bits per heavy atom. The van der Waals surface area contributed by atoms with Crippen LogP contribution in [0.5, 0.6) is 0 Å². The first-order chi connectivity index (χ1) is 10.8. The van der Waals surface area contributed by atoms with E-state index in [9.17, 15) is 18.3 Å². The van der Waals surface area contributed by atoms with Gasteiger partial charge in [-0.3, -0.25) is 0 Å². The number of aliphatic hydroxyl groups excluding tert-OH is 1. The van der Waals surface area contributed by atoms with Gasteiger partial charge in [0, 0.05) is 19.2 Å². The van der Waals surface area contributed by atoms with Crippen molar-refractivity contribution < 1.29 is 18.3 Å². The molecule has 2 atom stereocenters. The van der Waals surface area contributed by atoms with Gasteiger partial charge in [-0.1, -0.05) is 24.3 Å². The van der Waals surface area contributed by atoms with Crippen LogP contribution in [0.25, 0.3) is 0 Å². The van der Waals surface area contributed by atoms with Crippen LogP contribution < -0.4 is 4.90 Å². The van der Waals surface area contributed by atoms with E-state index in [2.05, 4.69) is 6.07 Å². The Hall–Kier alpha value is -2.01. The fourth-order valence-electron chi connectivity index (χ4n) is 3.22. The van der Waals surface area contributed by atoms with Gasteiger partial charge in [0.05, 0.1) is 17.7 Å². The van der Waals surface area contributed by atoms with Gasteiger partial charge in [-0.15, -0.1) is 0 Å². The molecule has 3 rings (SSSR count). The molecule has 0 saturated carbocycles. The Morgan fingerprint density at radius 1 is 1.22 bits per heavy atom. The van der Waals surface area contributed by atoms with Gasteiger partial charge in [-0.2, -0.15) is 13.2 Å². The molecule has 2 aromatic rings. The summed E-state index contributed by atoms with van der Waals surface area (Å²) in [5.74, 6) is 0. The molecule has 5 heteroatoms. The van der Waals surface area contributed by atoms with Crippen LogP contribution in [-0.2, 0) is 6.18 Å². The average molecular weight is 320 g/mol. The summed E-state index contributed by atoms with van der Waals surface area (Å²) in [5.41, 5.74) is 1.72. The molecular weight excluding hydrogens is 303 g/mol. The maximum absolute atomic E-state index is 13.3. The topological polar surface area (TPSA) is 23.5 Å². The van der Waals surface area contributed by atoms with E-state index in [-0.39, 0.29) is 11.7 Å². The molecule has 2 aromatic carbocycles. The molecule has 0 aromatic heterocycles. The molecule has 0 bridgehead atoms. The molecule has 1 aliphatic carbocycles. The molecule has 0 fully saturated rings. The van der Waals surface area contributed by atoms with Crippen molar-refractivity contribution in [3.05, 3.63) is 64.7 Å². The van der Waals surface area contributed by atoms with Gasteiger partial charge < -0.3 is 10.0 Å². The SMILES string of the molecule is Cc1[c]cc(C(F)(F)F)c(N(C)C2CC(O)c3ccccc32)c1. The Labute approximate surface area is 133 Å². The summed E-state index contributed by atoms with van der Waals surface area (Å²) in [6, 6.07) is 12.2. The number of halogens is 3. The normalized spacial score (nSPS) is 20.4. The minimum absolute atomic E-state index is 0.114. The molecule has 2 nitrogen and oxygen atoms in total. The molecule has 0 heterocycles. The van der Waals surface area contributed by atoms with E-state index in [1.54, 1.807) is 18.9 Å². The first-order valence-electron chi connectivity index (χ1n) is 7.38. The van der Waals surface area contributed by atoms with Crippen molar-refractivity contribution >= 4 is 5.69 Å². The summed E-state index contributed by atoms with van der Waals surface area (Å²) in [6.45, 7) is 1.72. The predicted molar refractivity (Wildman–Crippen MR) is 82.2 cm³/mol. The Kier molecular flexibility index (Phi) is 3.84. The van der Waals surface area contributed by atoms with Crippen molar-refractivity contribution in [2.24, 2.45) is 0 Å². The average Bonchev–Trinajstić information content (AvgIpc) is 2.83. The molecule has 0 aliphatic heterocycles. The van der Waals surface area contributed by atoms with E-state index >= 15 is 0 Å². The Morgan fingerprint density at radius 3 is 2.52 bits per heavy atom. The molecule has 0 amide bonds. The van der Waals surface area contributed by atoms with Crippen molar-refractivity contribution in [1.29, 1.82) is 0 Å². The van der Waals surface area contributed by atoms with Crippen LogP contribution in [-0.4, -0.2) is 12.2 Å². The van der Waals surface area contributed by atoms with E-state index in [1.165, 1.54) is 6.07 Å². The van der Waals surface area contributed by atoms with E-state index in [0.29, 0.717) is 12.0 Å². The van der Waals surface area contributed by atoms with Crippen LogP contribution in [0.1, 0.15) is 40.8 Å². The number of anilines is 1. The third-order valence-electron chi connectivity index (χ3n) is 4.39. The van der Waals surface area contributed by atoms with Crippen LogP contribution in [0, 0.1) is 13.0 Å². The first-order valence-corrected chi connectivity index (χ1v) is 7.38. The summed E-state index contributed by atoms with van der Waals surface area (Å²) >= 11 is 0. The molecule has 23 heavy (non-hydrogen) atoms. The molecule has 0 saturated heterocycles. The summed E-state index contributed by atoms with van der Waals surface area (Å²) in [6.07, 6.45) is -4.71. The lowest BCUT2D eigenvalue weighted by Gasteiger charge is -2.30. The maximum atomic E-state index is 13.3. The molecule has 1 aliphatic rings. The van der Waals surface area contributed by atoms with Gasteiger partial charge in [-0.25, -0.2) is 0 Å². The lowest BCUT2D eigenvalue weighted by atomic mass is 10.0. The molecule has 1 radical (unpaired) electrons. The molecule has 1 N–H and O–H groups in total. The molecular formula is C18H17F3NO. The number of aryl methyl sites for hydroxylation is 1. The van der Waals surface area contributed by atoms with Gasteiger partial charge in [0.1, 0.15) is 0 Å². The summed E-state index contributed by atoms with van der Waals surface area (Å²) in [4.78, 5) is 1.61. The second kappa shape index (κ2) is 5.57. The lowest BCUT2D eigenvalue weighted by Crippen LogP contribution is -2.25. The Balaban J connectivity index is 2.05. The number of rotatable bonds is 2. The second-order valence-corrected chi connectivity index (χ2v) is 5.92. The van der Waals surface area contributed by atoms with Crippen LogP contribution in [0.2, 0.25) is 0 Å². The van der Waals surface area contributed by atoms with Crippen molar-refractivity contribution in [1.82, 2.24) is 0 Å². The van der Waals surface area contributed by atoms with Gasteiger partial charge in [0.2, 0.25) is 0 Å². The fraction of sp³-hybridized carbons (Fsp3) is 0.333. The summed E-state index contributed by atoms with van der Waals surface area (Å²) in [7, 11) is 1.64. The van der Waals surface area contributed by atoms with E-state index < -0.39 is 17.8 Å². The van der Waals surface area contributed by atoms with Crippen LogP contribution >= 0.6 is 0 Å². The minimum Gasteiger partial charge on any atom is -0.388 e. The number of aliphatic hydroxyl groups is 1. The number of nitrogens with zero attached hydrogens (tertiary/aromatic N) is 1. The van der Waals surface area contributed by atoms with E-state index in [4.69, 9.17) is 0 Å². The Bertz CT molecular complexity index is 726. The second-order valence-electron chi connectivity index (χ2n) is 5.92. The summed E-state index contributed by atoms with van der Waals surface area (Å²) in [5, 5.41) is 10.2. The minimum atomic E-state index is -4.44.